The van der Waals surface area contributed by atoms with Crippen LogP contribution in [0, 0.1) is 0 Å². The number of likely N-dealkylation sites (tertiary alicyclic amines) is 1. The third-order valence-electron chi connectivity index (χ3n) is 3.75. The van der Waals surface area contributed by atoms with Crippen LogP contribution in [0.1, 0.15) is 44.4 Å². The molecule has 0 amide bonds. The molecule has 1 atom stereocenters. The first-order chi connectivity index (χ1) is 10.1. The molecule has 1 aliphatic heterocycles. The minimum absolute atomic E-state index is 0.0495. The zero-order valence-electron chi connectivity index (χ0n) is 12.5. The number of hydrogen-bond acceptors (Lipinski definition) is 4. The van der Waals surface area contributed by atoms with Crippen molar-refractivity contribution in [1.29, 1.82) is 0 Å². The van der Waals surface area contributed by atoms with E-state index >= 15 is 0 Å². The third-order valence-corrected chi connectivity index (χ3v) is 4.97. The minimum Gasteiger partial charge on any atom is -0.468 e. The van der Waals surface area contributed by atoms with Gasteiger partial charge in [0.05, 0.1) is 12.3 Å². The molecule has 2 rings (SSSR count). The zero-order chi connectivity index (χ0) is 15.1. The summed E-state index contributed by atoms with van der Waals surface area (Å²) in [5.41, 5.74) is 0. The van der Waals surface area contributed by atoms with Gasteiger partial charge in [0.2, 0.25) is 0 Å². The van der Waals surface area contributed by atoms with Crippen LogP contribution in [0.3, 0.4) is 0 Å². The highest BCUT2D eigenvalue weighted by atomic mass is 32.2. The highest BCUT2D eigenvalue weighted by Crippen LogP contribution is 2.24. The molecule has 0 aliphatic carbocycles. The molecule has 1 fully saturated rings. The molecule has 1 saturated heterocycles. The summed E-state index contributed by atoms with van der Waals surface area (Å²) in [4.78, 5) is 2.32. The second-order valence-corrected chi connectivity index (χ2v) is 6.92. The molecule has 120 valence electrons. The monoisotopic (exact) mass is 315 g/mol. The second-order valence-electron chi connectivity index (χ2n) is 5.33. The lowest BCUT2D eigenvalue weighted by atomic mass is 10.2. The second kappa shape index (κ2) is 7.93. The van der Waals surface area contributed by atoms with E-state index in [1.165, 1.54) is 12.8 Å². The van der Waals surface area contributed by atoms with Gasteiger partial charge < -0.3 is 4.42 Å². The van der Waals surface area contributed by atoms with Crippen molar-refractivity contribution in [3.8, 4) is 0 Å². The fourth-order valence-electron chi connectivity index (χ4n) is 2.73. The molecule has 0 spiro atoms. The standard InChI is InChI=1S/C14H25N3O3S/c1-2-15-21(18,19)16-12-13(14-8-7-11-20-14)17-9-5-3-4-6-10-17/h7-8,11,13,15-16H,2-6,9-10,12H2,1H3. The molecule has 2 N–H and O–H groups in total. The summed E-state index contributed by atoms with van der Waals surface area (Å²) in [5.74, 6) is 0.816. The van der Waals surface area contributed by atoms with E-state index in [1.807, 2.05) is 12.1 Å². The van der Waals surface area contributed by atoms with E-state index in [1.54, 1.807) is 13.2 Å². The van der Waals surface area contributed by atoms with Crippen molar-refractivity contribution < 1.29 is 12.8 Å². The first-order valence-electron chi connectivity index (χ1n) is 7.64. The van der Waals surface area contributed by atoms with E-state index in [0.29, 0.717) is 13.1 Å². The van der Waals surface area contributed by atoms with Gasteiger partial charge in [-0.2, -0.15) is 8.42 Å². The maximum absolute atomic E-state index is 11.8. The highest BCUT2D eigenvalue weighted by Gasteiger charge is 2.25. The summed E-state index contributed by atoms with van der Waals surface area (Å²) in [6.45, 7) is 4.42. The lowest BCUT2D eigenvalue weighted by molar-refractivity contribution is 0.182. The van der Waals surface area contributed by atoms with Crippen molar-refractivity contribution in [2.75, 3.05) is 26.2 Å². The van der Waals surface area contributed by atoms with Gasteiger partial charge in [0.1, 0.15) is 5.76 Å². The van der Waals surface area contributed by atoms with E-state index in [-0.39, 0.29) is 6.04 Å². The van der Waals surface area contributed by atoms with Crippen LogP contribution in [0.25, 0.3) is 0 Å². The van der Waals surface area contributed by atoms with Gasteiger partial charge in [-0.05, 0) is 38.1 Å². The number of nitrogens with zero attached hydrogens (tertiary/aromatic N) is 1. The van der Waals surface area contributed by atoms with E-state index in [4.69, 9.17) is 4.42 Å². The average molecular weight is 315 g/mol. The largest absolute Gasteiger partial charge is 0.468 e. The van der Waals surface area contributed by atoms with Crippen LogP contribution in [0.2, 0.25) is 0 Å². The number of nitrogens with one attached hydrogen (secondary N) is 2. The summed E-state index contributed by atoms with van der Waals surface area (Å²) in [7, 11) is -3.43. The molecule has 1 aromatic heterocycles. The van der Waals surface area contributed by atoms with E-state index in [2.05, 4.69) is 14.3 Å². The maximum atomic E-state index is 11.8. The quantitative estimate of drug-likeness (QED) is 0.802. The Morgan fingerprint density at radius 2 is 1.95 bits per heavy atom. The van der Waals surface area contributed by atoms with Crippen LogP contribution < -0.4 is 9.44 Å². The predicted molar refractivity (Wildman–Crippen MR) is 82.1 cm³/mol. The fourth-order valence-corrected chi connectivity index (χ4v) is 3.59. The minimum atomic E-state index is -3.43. The predicted octanol–water partition coefficient (Wildman–Crippen LogP) is 1.64. The number of hydrogen-bond donors (Lipinski definition) is 2. The zero-order valence-corrected chi connectivity index (χ0v) is 13.4. The molecule has 1 aromatic rings. The Kier molecular flexibility index (Phi) is 6.22. The van der Waals surface area contributed by atoms with Gasteiger partial charge in [-0.25, -0.2) is 9.44 Å². The van der Waals surface area contributed by atoms with Crippen LogP contribution in [0.15, 0.2) is 22.8 Å². The molecule has 1 unspecified atom stereocenters. The highest BCUT2D eigenvalue weighted by molar-refractivity contribution is 7.87. The van der Waals surface area contributed by atoms with Crippen LogP contribution in [0.4, 0.5) is 0 Å². The molecule has 2 heterocycles. The van der Waals surface area contributed by atoms with Crippen LogP contribution in [0.5, 0.6) is 0 Å². The van der Waals surface area contributed by atoms with Gasteiger partial charge in [-0.1, -0.05) is 19.8 Å². The molecule has 0 bridgehead atoms. The SMILES string of the molecule is CCNS(=O)(=O)NCC(c1ccco1)N1CCCCCC1. The molecule has 0 radical (unpaired) electrons. The molecule has 1 aliphatic rings. The van der Waals surface area contributed by atoms with Crippen molar-refractivity contribution in [2.24, 2.45) is 0 Å². The molecular weight excluding hydrogens is 290 g/mol. The molecule has 7 heteroatoms. The van der Waals surface area contributed by atoms with Crippen LogP contribution in [-0.4, -0.2) is 39.5 Å². The van der Waals surface area contributed by atoms with Crippen molar-refractivity contribution in [3.05, 3.63) is 24.2 Å². The summed E-state index contributed by atoms with van der Waals surface area (Å²) < 4.78 is 34.2. The van der Waals surface area contributed by atoms with E-state index < -0.39 is 10.2 Å². The van der Waals surface area contributed by atoms with Crippen molar-refractivity contribution in [3.63, 3.8) is 0 Å². The Morgan fingerprint density at radius 3 is 2.52 bits per heavy atom. The van der Waals surface area contributed by atoms with Gasteiger partial charge in [-0.3, -0.25) is 4.90 Å². The lowest BCUT2D eigenvalue weighted by Crippen LogP contribution is -2.42. The van der Waals surface area contributed by atoms with Crippen molar-refractivity contribution in [2.45, 2.75) is 38.6 Å². The van der Waals surface area contributed by atoms with Crippen molar-refractivity contribution in [1.82, 2.24) is 14.3 Å². The van der Waals surface area contributed by atoms with Crippen LogP contribution in [-0.2, 0) is 10.2 Å². The Morgan fingerprint density at radius 1 is 1.24 bits per heavy atom. The van der Waals surface area contributed by atoms with E-state index in [9.17, 15) is 8.42 Å². The van der Waals surface area contributed by atoms with Crippen molar-refractivity contribution >= 4 is 10.2 Å². The Bertz CT molecular complexity index is 494. The lowest BCUT2D eigenvalue weighted by Gasteiger charge is -2.29. The summed E-state index contributed by atoms with van der Waals surface area (Å²) >= 11 is 0. The fraction of sp³-hybridized carbons (Fsp3) is 0.714. The summed E-state index contributed by atoms with van der Waals surface area (Å²) in [5, 5.41) is 0. The van der Waals surface area contributed by atoms with Gasteiger partial charge in [-0.15, -0.1) is 0 Å². The normalized spacial score (nSPS) is 19.3. The average Bonchev–Trinajstić information content (AvgIpc) is 2.82. The number of furan rings is 1. The first-order valence-corrected chi connectivity index (χ1v) is 9.12. The topological polar surface area (TPSA) is 74.6 Å². The van der Waals surface area contributed by atoms with Crippen LogP contribution >= 0.6 is 0 Å². The first kappa shape index (κ1) is 16.5. The Labute approximate surface area is 127 Å². The van der Waals surface area contributed by atoms with Gasteiger partial charge in [0, 0.05) is 13.1 Å². The Balaban J connectivity index is 2.06. The smallest absolute Gasteiger partial charge is 0.276 e. The van der Waals surface area contributed by atoms with Gasteiger partial charge >= 0.3 is 0 Å². The maximum Gasteiger partial charge on any atom is 0.276 e. The number of rotatable bonds is 7. The Hall–Kier alpha value is -0.890. The van der Waals surface area contributed by atoms with Gasteiger partial charge in [0.15, 0.2) is 0 Å². The third kappa shape index (κ3) is 5.10. The van der Waals surface area contributed by atoms with E-state index in [0.717, 1.165) is 31.7 Å². The summed E-state index contributed by atoms with van der Waals surface area (Å²) in [6, 6.07) is 3.71. The molecule has 6 nitrogen and oxygen atoms in total. The molecule has 21 heavy (non-hydrogen) atoms. The summed E-state index contributed by atoms with van der Waals surface area (Å²) in [6.07, 6.45) is 6.42. The molecule has 0 saturated carbocycles. The van der Waals surface area contributed by atoms with Gasteiger partial charge in [0.25, 0.3) is 10.2 Å². The molecular formula is C14H25N3O3S. The molecule has 0 aromatic carbocycles.